The number of nitrogens with zero attached hydrogens (tertiary/aromatic N) is 1. The summed E-state index contributed by atoms with van der Waals surface area (Å²) in [7, 11) is -3.29. The molecule has 0 bridgehead atoms. The van der Waals surface area contributed by atoms with Crippen LogP contribution in [0.4, 0.5) is 0 Å². The van der Waals surface area contributed by atoms with E-state index in [2.05, 4.69) is 6.92 Å². The minimum Gasteiger partial charge on any atom is -0.338 e. The van der Waals surface area contributed by atoms with Crippen molar-refractivity contribution in [2.75, 3.05) is 25.1 Å². The third-order valence-electron chi connectivity index (χ3n) is 3.83. The van der Waals surface area contributed by atoms with Crippen LogP contribution in [0.5, 0.6) is 0 Å². The Kier molecular flexibility index (Phi) is 5.92. The first-order valence-electron chi connectivity index (χ1n) is 7.63. The molecule has 0 saturated carbocycles. The molecule has 1 saturated heterocycles. The molecule has 1 unspecified atom stereocenters. The largest absolute Gasteiger partial charge is 0.338 e. The van der Waals surface area contributed by atoms with E-state index in [0.717, 1.165) is 44.4 Å². The molecule has 0 radical (unpaired) electrons. The number of sulfone groups is 1. The summed E-state index contributed by atoms with van der Waals surface area (Å²) in [4.78, 5) is 14.8. The molecule has 0 spiro atoms. The van der Waals surface area contributed by atoms with E-state index in [4.69, 9.17) is 0 Å². The van der Waals surface area contributed by atoms with E-state index in [0.29, 0.717) is 10.8 Å². The number of rotatable bonds is 4. The lowest BCUT2D eigenvalue weighted by molar-refractivity contribution is 0.0763. The van der Waals surface area contributed by atoms with Crippen LogP contribution in [-0.2, 0) is 9.84 Å². The molecule has 4 nitrogen and oxygen atoms in total. The number of likely N-dealkylation sites (tertiary alicyclic amines) is 1. The molecule has 0 aromatic heterocycles. The monoisotopic (exact) mass is 341 g/mol. The Bertz CT molecular complexity index is 628. The van der Waals surface area contributed by atoms with Gasteiger partial charge in [0.05, 0.1) is 4.90 Å². The van der Waals surface area contributed by atoms with Crippen molar-refractivity contribution in [2.45, 2.75) is 36.3 Å². The molecule has 1 aliphatic heterocycles. The van der Waals surface area contributed by atoms with Crippen LogP contribution < -0.4 is 0 Å². The van der Waals surface area contributed by atoms with Gasteiger partial charge in [0, 0.05) is 30.2 Å². The molecule has 1 aromatic carbocycles. The highest BCUT2D eigenvalue weighted by Crippen LogP contribution is 2.23. The van der Waals surface area contributed by atoms with Crippen molar-refractivity contribution in [3.05, 3.63) is 29.8 Å². The summed E-state index contributed by atoms with van der Waals surface area (Å²) in [5, 5.41) is 0.481. The number of amides is 1. The maximum absolute atomic E-state index is 12.7. The van der Waals surface area contributed by atoms with Gasteiger partial charge in [-0.2, -0.15) is 11.8 Å². The number of hydrogen-bond donors (Lipinski definition) is 0. The highest BCUT2D eigenvalue weighted by Gasteiger charge is 2.23. The molecule has 22 heavy (non-hydrogen) atoms. The minimum absolute atomic E-state index is 0.0610. The van der Waals surface area contributed by atoms with Gasteiger partial charge in [0.1, 0.15) is 0 Å². The number of carbonyl (C=O) groups excluding carboxylic acids is 1. The van der Waals surface area contributed by atoms with Crippen LogP contribution in [0.2, 0.25) is 0 Å². The molecular formula is C16H23NO3S2. The standard InChI is InChI=1S/C16H23NO3S2/c1-3-21-14-8-4-5-10-17(12-14)16(18)13-7-6-9-15(11-13)22(2,19)20/h6-7,9,11,14H,3-5,8,10,12H2,1-2H3. The van der Waals surface area contributed by atoms with Crippen LogP contribution in [0.25, 0.3) is 0 Å². The summed E-state index contributed by atoms with van der Waals surface area (Å²) in [6.45, 7) is 3.64. The van der Waals surface area contributed by atoms with E-state index in [9.17, 15) is 13.2 Å². The van der Waals surface area contributed by atoms with Crippen LogP contribution >= 0.6 is 11.8 Å². The molecule has 0 aliphatic carbocycles. The molecular weight excluding hydrogens is 318 g/mol. The molecule has 122 valence electrons. The average molecular weight is 341 g/mol. The fourth-order valence-electron chi connectivity index (χ4n) is 2.70. The maximum Gasteiger partial charge on any atom is 0.253 e. The summed E-state index contributed by atoms with van der Waals surface area (Å²) in [5.74, 6) is 0.991. The lowest BCUT2D eigenvalue weighted by atomic mass is 10.2. The van der Waals surface area contributed by atoms with Crippen molar-refractivity contribution in [3.8, 4) is 0 Å². The summed E-state index contributed by atoms with van der Waals surface area (Å²) in [5.41, 5.74) is 0.463. The van der Waals surface area contributed by atoms with Crippen molar-refractivity contribution >= 4 is 27.5 Å². The predicted molar refractivity (Wildman–Crippen MR) is 91.2 cm³/mol. The Morgan fingerprint density at radius 3 is 2.82 bits per heavy atom. The van der Waals surface area contributed by atoms with Gasteiger partial charge in [0.15, 0.2) is 9.84 Å². The molecule has 1 heterocycles. The predicted octanol–water partition coefficient (Wildman–Crippen LogP) is 2.84. The normalized spacial score (nSPS) is 19.7. The van der Waals surface area contributed by atoms with Gasteiger partial charge in [-0.1, -0.05) is 19.4 Å². The van der Waals surface area contributed by atoms with Gasteiger partial charge in [0.2, 0.25) is 0 Å². The first-order valence-corrected chi connectivity index (χ1v) is 10.6. The second kappa shape index (κ2) is 7.51. The summed E-state index contributed by atoms with van der Waals surface area (Å²) in [6, 6.07) is 6.36. The third-order valence-corrected chi connectivity index (χ3v) is 6.13. The third kappa shape index (κ3) is 4.49. The van der Waals surface area contributed by atoms with Gasteiger partial charge >= 0.3 is 0 Å². The fraction of sp³-hybridized carbons (Fsp3) is 0.562. The first-order chi connectivity index (χ1) is 10.4. The molecule has 1 amide bonds. The Morgan fingerprint density at radius 1 is 1.36 bits per heavy atom. The summed E-state index contributed by atoms with van der Waals surface area (Å²) >= 11 is 1.90. The van der Waals surface area contributed by atoms with Crippen LogP contribution in [0.1, 0.15) is 36.5 Å². The zero-order valence-electron chi connectivity index (χ0n) is 13.1. The number of hydrogen-bond acceptors (Lipinski definition) is 4. The lowest BCUT2D eigenvalue weighted by Crippen LogP contribution is -2.35. The van der Waals surface area contributed by atoms with Gasteiger partial charge < -0.3 is 4.90 Å². The van der Waals surface area contributed by atoms with Crippen molar-refractivity contribution in [1.29, 1.82) is 0 Å². The molecule has 1 aliphatic rings. The smallest absolute Gasteiger partial charge is 0.253 e. The highest BCUT2D eigenvalue weighted by molar-refractivity contribution is 7.99. The molecule has 1 atom stereocenters. The van der Waals surface area contributed by atoms with Gasteiger partial charge in [0.25, 0.3) is 5.91 Å². The van der Waals surface area contributed by atoms with Gasteiger partial charge in [-0.25, -0.2) is 8.42 Å². The van der Waals surface area contributed by atoms with E-state index < -0.39 is 9.84 Å². The van der Waals surface area contributed by atoms with Crippen molar-refractivity contribution < 1.29 is 13.2 Å². The molecule has 1 fully saturated rings. The molecule has 0 N–H and O–H groups in total. The molecule has 1 aromatic rings. The Balaban J connectivity index is 2.19. The quantitative estimate of drug-likeness (QED) is 0.845. The van der Waals surface area contributed by atoms with Gasteiger partial charge in [-0.05, 0) is 36.8 Å². The Labute approximate surface area is 137 Å². The molecule has 6 heteroatoms. The molecule has 2 rings (SSSR count). The number of carbonyl (C=O) groups is 1. The minimum atomic E-state index is -3.29. The Hall–Kier alpha value is -1.01. The van der Waals surface area contributed by atoms with Crippen LogP contribution in [0.3, 0.4) is 0 Å². The zero-order chi connectivity index (χ0) is 16.2. The van der Waals surface area contributed by atoms with Crippen molar-refractivity contribution in [2.24, 2.45) is 0 Å². The summed E-state index contributed by atoms with van der Waals surface area (Å²) in [6.07, 6.45) is 4.46. The highest BCUT2D eigenvalue weighted by atomic mass is 32.2. The average Bonchev–Trinajstić information content (AvgIpc) is 2.72. The SMILES string of the molecule is CCSC1CCCCN(C(=O)c2cccc(S(C)(=O)=O)c2)C1. The van der Waals surface area contributed by atoms with E-state index in [1.165, 1.54) is 12.1 Å². The van der Waals surface area contributed by atoms with E-state index in [1.807, 2.05) is 16.7 Å². The number of benzene rings is 1. The van der Waals surface area contributed by atoms with Crippen LogP contribution in [0.15, 0.2) is 29.2 Å². The topological polar surface area (TPSA) is 54.5 Å². The van der Waals surface area contributed by atoms with E-state index in [1.54, 1.807) is 12.1 Å². The van der Waals surface area contributed by atoms with Crippen LogP contribution in [0, 0.1) is 0 Å². The van der Waals surface area contributed by atoms with Gasteiger partial charge in [-0.15, -0.1) is 0 Å². The van der Waals surface area contributed by atoms with Crippen LogP contribution in [-0.4, -0.2) is 49.6 Å². The zero-order valence-corrected chi connectivity index (χ0v) is 14.8. The van der Waals surface area contributed by atoms with Crippen molar-refractivity contribution in [3.63, 3.8) is 0 Å². The first kappa shape index (κ1) is 17.3. The second-order valence-corrected chi connectivity index (χ2v) is 9.22. The maximum atomic E-state index is 12.7. The second-order valence-electron chi connectivity index (χ2n) is 5.62. The van der Waals surface area contributed by atoms with Gasteiger partial charge in [-0.3, -0.25) is 4.79 Å². The summed E-state index contributed by atoms with van der Waals surface area (Å²) < 4.78 is 23.3. The lowest BCUT2D eigenvalue weighted by Gasteiger charge is -2.24. The number of thioether (sulfide) groups is 1. The van der Waals surface area contributed by atoms with Crippen molar-refractivity contribution in [1.82, 2.24) is 4.90 Å². The van der Waals surface area contributed by atoms with E-state index in [-0.39, 0.29) is 10.8 Å². The fourth-order valence-corrected chi connectivity index (χ4v) is 4.46. The Morgan fingerprint density at radius 2 is 2.14 bits per heavy atom. The van der Waals surface area contributed by atoms with E-state index >= 15 is 0 Å².